The largest absolute Gasteiger partial charge is 0.368 e. The summed E-state index contributed by atoms with van der Waals surface area (Å²) in [4.78, 5) is 13.6. The molecular formula is C13H27N3O. The number of nitrogens with one attached hydrogen (secondary N) is 1. The molecule has 0 heterocycles. The Morgan fingerprint density at radius 2 is 1.94 bits per heavy atom. The van der Waals surface area contributed by atoms with Gasteiger partial charge in [-0.05, 0) is 38.8 Å². The number of primary amides is 1. The van der Waals surface area contributed by atoms with Gasteiger partial charge in [0.05, 0.1) is 6.04 Å². The van der Waals surface area contributed by atoms with Gasteiger partial charge in [-0.25, -0.2) is 0 Å². The fraction of sp³-hybridized carbons (Fsp3) is 0.923. The lowest BCUT2D eigenvalue weighted by Crippen LogP contribution is -2.49. The minimum Gasteiger partial charge on any atom is -0.368 e. The molecule has 0 aromatic heterocycles. The van der Waals surface area contributed by atoms with Crippen molar-refractivity contribution in [3.05, 3.63) is 0 Å². The van der Waals surface area contributed by atoms with Gasteiger partial charge in [-0.2, -0.15) is 0 Å². The van der Waals surface area contributed by atoms with E-state index in [1.165, 1.54) is 12.8 Å². The van der Waals surface area contributed by atoms with Crippen LogP contribution >= 0.6 is 0 Å². The Bertz CT molecular complexity index is 235. The summed E-state index contributed by atoms with van der Waals surface area (Å²) >= 11 is 0. The highest BCUT2D eigenvalue weighted by Crippen LogP contribution is 2.30. The van der Waals surface area contributed by atoms with Crippen LogP contribution in [0.1, 0.15) is 32.6 Å². The van der Waals surface area contributed by atoms with Crippen LogP contribution in [0.15, 0.2) is 0 Å². The molecule has 0 aromatic carbocycles. The topological polar surface area (TPSA) is 58.4 Å². The zero-order valence-corrected chi connectivity index (χ0v) is 11.4. The molecule has 1 atom stereocenters. The van der Waals surface area contributed by atoms with E-state index in [1.807, 2.05) is 14.1 Å². The summed E-state index contributed by atoms with van der Waals surface area (Å²) in [6, 6.07) is -0.137. The van der Waals surface area contributed by atoms with Gasteiger partial charge >= 0.3 is 0 Å². The summed E-state index contributed by atoms with van der Waals surface area (Å²) in [6.45, 7) is 4.05. The average Bonchev–Trinajstić information content (AvgIpc) is 2.25. The number of rotatable bonds is 6. The Kier molecular flexibility index (Phi) is 5.92. The van der Waals surface area contributed by atoms with Crippen molar-refractivity contribution < 1.29 is 4.79 Å². The Labute approximate surface area is 105 Å². The lowest BCUT2D eigenvalue weighted by Gasteiger charge is -2.31. The van der Waals surface area contributed by atoms with Crippen molar-refractivity contribution in [3.8, 4) is 0 Å². The molecular weight excluding hydrogens is 214 g/mol. The quantitative estimate of drug-likeness (QED) is 0.724. The zero-order chi connectivity index (χ0) is 12.8. The lowest BCUT2D eigenvalue weighted by atomic mass is 9.79. The van der Waals surface area contributed by atoms with Crippen molar-refractivity contribution in [2.75, 3.05) is 27.2 Å². The minimum atomic E-state index is -0.191. The van der Waals surface area contributed by atoms with Gasteiger partial charge in [-0.1, -0.05) is 19.8 Å². The normalized spacial score (nSPS) is 27.1. The van der Waals surface area contributed by atoms with E-state index in [9.17, 15) is 4.79 Å². The first-order valence-electron chi connectivity index (χ1n) is 6.68. The first kappa shape index (κ1) is 14.5. The van der Waals surface area contributed by atoms with E-state index < -0.39 is 0 Å². The first-order chi connectivity index (χ1) is 8.00. The van der Waals surface area contributed by atoms with Crippen LogP contribution in [0.4, 0.5) is 0 Å². The van der Waals surface area contributed by atoms with Crippen molar-refractivity contribution in [2.24, 2.45) is 17.6 Å². The highest BCUT2D eigenvalue weighted by atomic mass is 16.1. The van der Waals surface area contributed by atoms with Gasteiger partial charge in [0.1, 0.15) is 0 Å². The standard InChI is InChI=1S/C13H27N3O/c1-10-4-6-11(7-5-10)12(13(14)17)15-8-9-16(2)3/h10-12,15H,4-9H2,1-3H3,(H2,14,17). The van der Waals surface area contributed by atoms with Crippen LogP contribution in [-0.4, -0.2) is 44.0 Å². The van der Waals surface area contributed by atoms with Gasteiger partial charge in [-0.15, -0.1) is 0 Å². The number of hydrogen-bond acceptors (Lipinski definition) is 3. The SMILES string of the molecule is CC1CCC(C(NCCN(C)C)C(N)=O)CC1. The number of carbonyl (C=O) groups excluding carboxylic acids is 1. The second-order valence-corrected chi connectivity index (χ2v) is 5.66. The molecule has 0 aromatic rings. The molecule has 1 unspecified atom stereocenters. The van der Waals surface area contributed by atoms with Crippen LogP contribution in [0.3, 0.4) is 0 Å². The highest BCUT2D eigenvalue weighted by Gasteiger charge is 2.29. The molecule has 1 rings (SSSR count). The maximum atomic E-state index is 11.5. The van der Waals surface area contributed by atoms with Crippen LogP contribution in [-0.2, 0) is 4.79 Å². The van der Waals surface area contributed by atoms with E-state index in [-0.39, 0.29) is 11.9 Å². The zero-order valence-electron chi connectivity index (χ0n) is 11.4. The van der Waals surface area contributed by atoms with Gasteiger partial charge in [-0.3, -0.25) is 4.79 Å². The summed E-state index contributed by atoms with van der Waals surface area (Å²) in [5, 5.41) is 3.32. The van der Waals surface area contributed by atoms with Gasteiger partial charge in [0.25, 0.3) is 0 Å². The maximum Gasteiger partial charge on any atom is 0.234 e. The lowest BCUT2D eigenvalue weighted by molar-refractivity contribution is -0.121. The molecule has 17 heavy (non-hydrogen) atoms. The highest BCUT2D eigenvalue weighted by molar-refractivity contribution is 5.80. The Balaban J connectivity index is 2.40. The molecule has 3 N–H and O–H groups in total. The third-order valence-corrected chi connectivity index (χ3v) is 3.76. The first-order valence-corrected chi connectivity index (χ1v) is 6.68. The fourth-order valence-corrected chi connectivity index (χ4v) is 2.56. The molecule has 0 aliphatic heterocycles. The predicted octanol–water partition coefficient (Wildman–Crippen LogP) is 0.818. The van der Waals surface area contributed by atoms with Gasteiger partial charge < -0.3 is 16.0 Å². The van der Waals surface area contributed by atoms with Crippen molar-refractivity contribution in [1.82, 2.24) is 10.2 Å². The number of likely N-dealkylation sites (N-methyl/N-ethyl adjacent to an activating group) is 1. The van der Waals surface area contributed by atoms with E-state index in [0.29, 0.717) is 5.92 Å². The molecule has 1 saturated carbocycles. The molecule has 1 fully saturated rings. The minimum absolute atomic E-state index is 0.137. The molecule has 1 aliphatic carbocycles. The average molecular weight is 241 g/mol. The second-order valence-electron chi connectivity index (χ2n) is 5.66. The number of nitrogens with two attached hydrogens (primary N) is 1. The van der Waals surface area contributed by atoms with Crippen LogP contribution in [0, 0.1) is 11.8 Å². The monoisotopic (exact) mass is 241 g/mol. The fourth-order valence-electron chi connectivity index (χ4n) is 2.56. The molecule has 1 aliphatic rings. The summed E-state index contributed by atoms with van der Waals surface area (Å²) in [5.41, 5.74) is 5.50. The van der Waals surface area contributed by atoms with Crippen molar-refractivity contribution in [2.45, 2.75) is 38.6 Å². The van der Waals surface area contributed by atoms with E-state index in [0.717, 1.165) is 31.8 Å². The molecule has 4 nitrogen and oxygen atoms in total. The van der Waals surface area contributed by atoms with Gasteiger partial charge in [0.15, 0.2) is 0 Å². The summed E-state index contributed by atoms with van der Waals surface area (Å²) in [7, 11) is 4.06. The molecule has 0 saturated heterocycles. The number of nitrogens with zero attached hydrogens (tertiary/aromatic N) is 1. The van der Waals surface area contributed by atoms with E-state index in [2.05, 4.69) is 17.1 Å². The van der Waals surface area contributed by atoms with Crippen LogP contribution < -0.4 is 11.1 Å². The Hall–Kier alpha value is -0.610. The molecule has 0 spiro atoms. The number of carbonyl (C=O) groups is 1. The smallest absolute Gasteiger partial charge is 0.234 e. The maximum absolute atomic E-state index is 11.5. The van der Waals surface area contributed by atoms with Crippen LogP contribution in [0.2, 0.25) is 0 Å². The van der Waals surface area contributed by atoms with E-state index in [4.69, 9.17) is 5.73 Å². The second kappa shape index (κ2) is 6.97. The molecule has 0 bridgehead atoms. The van der Waals surface area contributed by atoms with Crippen molar-refractivity contribution in [3.63, 3.8) is 0 Å². The number of amides is 1. The molecule has 1 amide bonds. The molecule has 4 heteroatoms. The van der Waals surface area contributed by atoms with E-state index in [1.54, 1.807) is 0 Å². The van der Waals surface area contributed by atoms with E-state index >= 15 is 0 Å². The predicted molar refractivity (Wildman–Crippen MR) is 70.7 cm³/mol. The molecule has 100 valence electrons. The Morgan fingerprint density at radius 3 is 2.41 bits per heavy atom. The summed E-state index contributed by atoms with van der Waals surface area (Å²) < 4.78 is 0. The van der Waals surface area contributed by atoms with Gasteiger partial charge in [0.2, 0.25) is 5.91 Å². The van der Waals surface area contributed by atoms with Crippen LogP contribution in [0.5, 0.6) is 0 Å². The Morgan fingerprint density at radius 1 is 1.35 bits per heavy atom. The van der Waals surface area contributed by atoms with Crippen molar-refractivity contribution >= 4 is 5.91 Å². The third-order valence-electron chi connectivity index (χ3n) is 3.76. The van der Waals surface area contributed by atoms with Crippen LogP contribution in [0.25, 0.3) is 0 Å². The van der Waals surface area contributed by atoms with Gasteiger partial charge in [0, 0.05) is 13.1 Å². The molecule has 0 radical (unpaired) electrons. The van der Waals surface area contributed by atoms with Crippen molar-refractivity contribution in [1.29, 1.82) is 0 Å². The number of hydrogen-bond donors (Lipinski definition) is 2. The summed E-state index contributed by atoms with van der Waals surface area (Å²) in [5.74, 6) is 1.05. The third kappa shape index (κ3) is 5.04. The summed E-state index contributed by atoms with van der Waals surface area (Å²) in [6.07, 6.45) is 4.71.